The Balaban J connectivity index is 2.18. The van der Waals surface area contributed by atoms with E-state index in [2.05, 4.69) is 11.1 Å². The van der Waals surface area contributed by atoms with Crippen molar-refractivity contribution in [3.8, 4) is 0 Å². The molecule has 0 aliphatic rings. The number of fused-ring (bicyclic) bond motifs is 1. The van der Waals surface area contributed by atoms with E-state index in [-0.39, 0.29) is 12.0 Å². The molecule has 1 heterocycles. The second-order valence-electron chi connectivity index (χ2n) is 6.49. The number of hydrogen-bond acceptors (Lipinski definition) is 5. The zero-order valence-corrected chi connectivity index (χ0v) is 14.5. The van der Waals surface area contributed by atoms with Crippen molar-refractivity contribution in [2.24, 2.45) is 5.92 Å². The summed E-state index contributed by atoms with van der Waals surface area (Å²) in [5.74, 6) is 0.534. The number of nitrogens with zero attached hydrogens (tertiary/aromatic N) is 2. The maximum absolute atomic E-state index is 11.6. The van der Waals surface area contributed by atoms with E-state index in [1.54, 1.807) is 6.20 Å². The van der Waals surface area contributed by atoms with E-state index < -0.39 is 0 Å². The van der Waals surface area contributed by atoms with Gasteiger partial charge in [-0.15, -0.1) is 0 Å². The third-order valence-corrected chi connectivity index (χ3v) is 4.57. The standard InChI is InChI=1S/C19H25N3O2/c1-13(11-23)5-7-22(3)17(12-24)10-16-9-15-4-6-21-19(20)18(15)8-14(16)2/h4,6,8-9,11-13,17H,5,7,10H2,1-3H3,(H2,20,21)/t13-,17+/m0/s1. The zero-order valence-electron chi connectivity index (χ0n) is 14.5. The maximum atomic E-state index is 11.6. The fraction of sp³-hybridized carbons (Fsp3) is 0.421. The Labute approximate surface area is 142 Å². The first-order valence-electron chi connectivity index (χ1n) is 8.20. The molecule has 0 saturated carbocycles. The van der Waals surface area contributed by atoms with Crippen molar-refractivity contribution in [1.29, 1.82) is 0 Å². The van der Waals surface area contributed by atoms with E-state index in [0.29, 0.717) is 18.8 Å². The van der Waals surface area contributed by atoms with Crippen LogP contribution in [-0.4, -0.2) is 42.1 Å². The summed E-state index contributed by atoms with van der Waals surface area (Å²) in [7, 11) is 1.93. The topological polar surface area (TPSA) is 76.3 Å². The molecule has 128 valence electrons. The lowest BCUT2D eigenvalue weighted by atomic mass is 9.97. The number of benzene rings is 1. The number of carbonyl (C=O) groups excluding carboxylic acids is 2. The van der Waals surface area contributed by atoms with Gasteiger partial charge in [0.1, 0.15) is 18.4 Å². The van der Waals surface area contributed by atoms with Crippen molar-refractivity contribution in [1.82, 2.24) is 9.88 Å². The zero-order chi connectivity index (χ0) is 17.7. The molecule has 0 fully saturated rings. The number of carbonyl (C=O) groups is 2. The van der Waals surface area contributed by atoms with Gasteiger partial charge < -0.3 is 15.3 Å². The molecule has 2 N–H and O–H groups in total. The number of nitrogens with two attached hydrogens (primary N) is 1. The van der Waals surface area contributed by atoms with Crippen LogP contribution in [0.3, 0.4) is 0 Å². The van der Waals surface area contributed by atoms with Gasteiger partial charge in [0.25, 0.3) is 0 Å². The van der Waals surface area contributed by atoms with Crippen molar-refractivity contribution >= 4 is 29.2 Å². The molecule has 0 saturated heterocycles. The Kier molecular flexibility index (Phi) is 6.04. The Bertz CT molecular complexity index is 730. The lowest BCUT2D eigenvalue weighted by molar-refractivity contribution is -0.112. The lowest BCUT2D eigenvalue weighted by Gasteiger charge is -2.25. The summed E-state index contributed by atoms with van der Waals surface area (Å²) in [6.45, 7) is 4.63. The number of anilines is 1. The summed E-state index contributed by atoms with van der Waals surface area (Å²) in [6.07, 6.45) is 5.02. The molecule has 2 aromatic rings. The Hall–Kier alpha value is -2.27. The average molecular weight is 327 g/mol. The van der Waals surface area contributed by atoms with Crippen LogP contribution in [0.15, 0.2) is 24.4 Å². The third-order valence-electron chi connectivity index (χ3n) is 4.57. The van der Waals surface area contributed by atoms with Gasteiger partial charge in [0.05, 0.1) is 6.04 Å². The second kappa shape index (κ2) is 8.02. The molecule has 1 aromatic carbocycles. The fourth-order valence-electron chi connectivity index (χ4n) is 2.79. The molecule has 0 aliphatic carbocycles. The minimum atomic E-state index is -0.209. The first kappa shape index (κ1) is 18.1. The molecule has 2 atom stereocenters. The van der Waals surface area contributed by atoms with E-state index >= 15 is 0 Å². The van der Waals surface area contributed by atoms with Crippen LogP contribution >= 0.6 is 0 Å². The van der Waals surface area contributed by atoms with Crippen LogP contribution < -0.4 is 5.73 Å². The van der Waals surface area contributed by atoms with Crippen LogP contribution in [0.5, 0.6) is 0 Å². The van der Waals surface area contributed by atoms with Crippen molar-refractivity contribution in [2.75, 3.05) is 19.3 Å². The normalized spacial score (nSPS) is 13.8. The van der Waals surface area contributed by atoms with Gasteiger partial charge in [-0.3, -0.25) is 4.90 Å². The highest BCUT2D eigenvalue weighted by molar-refractivity contribution is 5.91. The first-order chi connectivity index (χ1) is 11.5. The fourth-order valence-corrected chi connectivity index (χ4v) is 2.79. The molecule has 0 bridgehead atoms. The number of pyridine rings is 1. The predicted molar refractivity (Wildman–Crippen MR) is 96.9 cm³/mol. The maximum Gasteiger partial charge on any atom is 0.137 e. The van der Waals surface area contributed by atoms with Crippen molar-refractivity contribution < 1.29 is 9.59 Å². The van der Waals surface area contributed by atoms with Crippen LogP contribution in [0, 0.1) is 12.8 Å². The molecule has 2 rings (SSSR count). The highest BCUT2D eigenvalue weighted by Crippen LogP contribution is 2.24. The monoisotopic (exact) mass is 327 g/mol. The summed E-state index contributed by atoms with van der Waals surface area (Å²) in [5, 5.41) is 1.97. The average Bonchev–Trinajstić information content (AvgIpc) is 2.58. The molecule has 5 nitrogen and oxygen atoms in total. The van der Waals surface area contributed by atoms with Crippen LogP contribution in [0.2, 0.25) is 0 Å². The first-order valence-corrected chi connectivity index (χ1v) is 8.20. The van der Waals surface area contributed by atoms with Crippen LogP contribution in [0.25, 0.3) is 10.8 Å². The van der Waals surface area contributed by atoms with Gasteiger partial charge in [-0.1, -0.05) is 13.0 Å². The quantitative estimate of drug-likeness (QED) is 0.753. The van der Waals surface area contributed by atoms with Crippen molar-refractivity contribution in [3.05, 3.63) is 35.5 Å². The largest absolute Gasteiger partial charge is 0.383 e. The van der Waals surface area contributed by atoms with Crippen LogP contribution in [-0.2, 0) is 16.0 Å². The van der Waals surface area contributed by atoms with Crippen molar-refractivity contribution in [3.63, 3.8) is 0 Å². The minimum absolute atomic E-state index is 0.0117. The van der Waals surface area contributed by atoms with E-state index in [1.165, 1.54) is 0 Å². The van der Waals surface area contributed by atoms with Gasteiger partial charge in [-0.2, -0.15) is 0 Å². The summed E-state index contributed by atoms with van der Waals surface area (Å²) in [5.41, 5.74) is 8.15. The summed E-state index contributed by atoms with van der Waals surface area (Å²) >= 11 is 0. The van der Waals surface area contributed by atoms with Gasteiger partial charge in [-0.05, 0) is 62.0 Å². The molecular formula is C19H25N3O2. The highest BCUT2D eigenvalue weighted by atomic mass is 16.1. The number of hydrogen-bond donors (Lipinski definition) is 1. The van der Waals surface area contributed by atoms with Crippen LogP contribution in [0.4, 0.5) is 5.82 Å². The molecule has 0 aliphatic heterocycles. The molecule has 1 aromatic heterocycles. The Morgan fingerprint density at radius 3 is 2.71 bits per heavy atom. The van der Waals surface area contributed by atoms with E-state index in [1.807, 2.05) is 37.9 Å². The molecular weight excluding hydrogens is 302 g/mol. The third kappa shape index (κ3) is 4.17. The molecule has 24 heavy (non-hydrogen) atoms. The smallest absolute Gasteiger partial charge is 0.137 e. The predicted octanol–water partition coefficient (Wildman–Crippen LogP) is 2.39. The van der Waals surface area contributed by atoms with Gasteiger partial charge in [-0.25, -0.2) is 4.98 Å². The second-order valence-corrected chi connectivity index (χ2v) is 6.49. The molecule has 0 unspecified atom stereocenters. The summed E-state index contributed by atoms with van der Waals surface area (Å²) in [6, 6.07) is 5.84. The summed E-state index contributed by atoms with van der Waals surface area (Å²) < 4.78 is 0. The molecule has 5 heteroatoms. The number of likely N-dealkylation sites (N-methyl/N-ethyl adjacent to an activating group) is 1. The van der Waals surface area contributed by atoms with Crippen LogP contribution in [0.1, 0.15) is 24.5 Å². The number of aryl methyl sites for hydroxylation is 1. The highest BCUT2D eigenvalue weighted by Gasteiger charge is 2.17. The Morgan fingerprint density at radius 2 is 2.04 bits per heavy atom. The van der Waals surface area contributed by atoms with Gasteiger partial charge in [0, 0.05) is 17.5 Å². The number of nitrogen functional groups attached to an aromatic ring is 1. The van der Waals surface area contributed by atoms with Gasteiger partial charge in [0.2, 0.25) is 0 Å². The molecule has 0 radical (unpaired) electrons. The van der Waals surface area contributed by atoms with Crippen molar-refractivity contribution in [2.45, 2.75) is 32.7 Å². The number of rotatable bonds is 8. The van der Waals surface area contributed by atoms with E-state index in [4.69, 9.17) is 5.73 Å². The summed E-state index contributed by atoms with van der Waals surface area (Å²) in [4.78, 5) is 28.4. The van der Waals surface area contributed by atoms with Gasteiger partial charge in [0.15, 0.2) is 0 Å². The number of aromatic nitrogens is 1. The number of aldehydes is 2. The lowest BCUT2D eigenvalue weighted by Crippen LogP contribution is -2.36. The molecule has 0 amide bonds. The minimum Gasteiger partial charge on any atom is -0.383 e. The van der Waals surface area contributed by atoms with Gasteiger partial charge >= 0.3 is 0 Å². The SMILES string of the molecule is Cc1cc2c(N)nccc2cc1C[C@H](C=O)N(C)CC[C@H](C)C=O. The van der Waals surface area contributed by atoms with E-state index in [9.17, 15) is 9.59 Å². The molecule has 0 spiro atoms. The van der Waals surface area contributed by atoms with E-state index in [0.717, 1.165) is 40.9 Å². The Morgan fingerprint density at radius 1 is 1.29 bits per heavy atom.